The molecule has 0 saturated heterocycles. The molecule has 1 aromatic heterocycles. The predicted octanol–water partition coefficient (Wildman–Crippen LogP) is 3.99. The molecule has 0 radical (unpaired) electrons. The van der Waals surface area contributed by atoms with Crippen molar-refractivity contribution in [3.05, 3.63) is 46.4 Å². The van der Waals surface area contributed by atoms with E-state index in [-0.39, 0.29) is 11.9 Å². The molecule has 23 heavy (non-hydrogen) atoms. The highest BCUT2D eigenvalue weighted by molar-refractivity contribution is 7.09. The number of thiazole rings is 1. The highest BCUT2D eigenvalue weighted by atomic mass is 32.1. The summed E-state index contributed by atoms with van der Waals surface area (Å²) < 4.78 is 5.14. The molecule has 1 N–H and O–H groups in total. The number of hydrogen-bond donors (Lipinski definition) is 1. The number of carbonyl (C=O) groups excluding carboxylic acids is 1. The van der Waals surface area contributed by atoms with Crippen LogP contribution in [0.5, 0.6) is 5.75 Å². The van der Waals surface area contributed by atoms with Crippen LogP contribution in [0, 0.1) is 5.92 Å². The molecule has 1 atom stereocenters. The third-order valence-corrected chi connectivity index (χ3v) is 4.48. The van der Waals surface area contributed by atoms with Crippen molar-refractivity contribution < 1.29 is 9.53 Å². The van der Waals surface area contributed by atoms with Gasteiger partial charge in [-0.25, -0.2) is 4.98 Å². The lowest BCUT2D eigenvalue weighted by atomic mass is 10.0. The van der Waals surface area contributed by atoms with Crippen LogP contribution in [0.25, 0.3) is 0 Å². The number of nitrogens with one attached hydrogen (secondary N) is 1. The molecule has 0 aliphatic rings. The molecule has 1 amide bonds. The summed E-state index contributed by atoms with van der Waals surface area (Å²) >= 11 is 1.59. The quantitative estimate of drug-likeness (QED) is 0.795. The summed E-state index contributed by atoms with van der Waals surface area (Å²) in [6, 6.07) is 7.85. The third-order valence-electron chi connectivity index (χ3n) is 3.59. The first kappa shape index (κ1) is 17.5. The van der Waals surface area contributed by atoms with Gasteiger partial charge in [0.15, 0.2) is 0 Å². The van der Waals surface area contributed by atoms with E-state index >= 15 is 0 Å². The van der Waals surface area contributed by atoms with Crippen molar-refractivity contribution in [3.63, 3.8) is 0 Å². The van der Waals surface area contributed by atoms with E-state index in [0.717, 1.165) is 29.2 Å². The number of hydrogen-bond acceptors (Lipinski definition) is 4. The van der Waals surface area contributed by atoms with Crippen LogP contribution in [0.1, 0.15) is 43.3 Å². The van der Waals surface area contributed by atoms with Crippen molar-refractivity contribution in [3.8, 4) is 5.75 Å². The van der Waals surface area contributed by atoms with Gasteiger partial charge in [0.05, 0.1) is 13.2 Å². The monoisotopic (exact) mass is 332 g/mol. The Morgan fingerprint density at radius 2 is 2.04 bits per heavy atom. The summed E-state index contributed by atoms with van der Waals surface area (Å²) in [5.74, 6) is 1.41. The Morgan fingerprint density at radius 3 is 2.61 bits per heavy atom. The van der Waals surface area contributed by atoms with Gasteiger partial charge in [0.1, 0.15) is 10.8 Å². The van der Waals surface area contributed by atoms with Crippen LogP contribution in [0.3, 0.4) is 0 Å². The lowest BCUT2D eigenvalue weighted by Gasteiger charge is -2.18. The van der Waals surface area contributed by atoms with E-state index in [4.69, 9.17) is 4.74 Å². The van der Waals surface area contributed by atoms with Crippen molar-refractivity contribution in [2.45, 2.75) is 39.2 Å². The molecule has 124 valence electrons. The number of aromatic nitrogens is 1. The summed E-state index contributed by atoms with van der Waals surface area (Å²) in [6.07, 6.45) is 3.90. The van der Waals surface area contributed by atoms with Gasteiger partial charge in [0, 0.05) is 18.0 Å². The maximum atomic E-state index is 12.3. The Morgan fingerprint density at radius 1 is 1.30 bits per heavy atom. The molecule has 2 aromatic rings. The van der Waals surface area contributed by atoms with Gasteiger partial charge in [-0.15, -0.1) is 11.3 Å². The van der Waals surface area contributed by atoms with Crippen LogP contribution in [-0.4, -0.2) is 18.0 Å². The Balaban J connectivity index is 1.88. The van der Waals surface area contributed by atoms with Gasteiger partial charge < -0.3 is 10.1 Å². The zero-order valence-corrected chi connectivity index (χ0v) is 14.7. The fourth-order valence-corrected chi connectivity index (χ4v) is 3.12. The van der Waals surface area contributed by atoms with Crippen molar-refractivity contribution in [2.75, 3.05) is 7.11 Å². The van der Waals surface area contributed by atoms with Crippen molar-refractivity contribution in [1.29, 1.82) is 0 Å². The molecule has 1 aromatic carbocycles. The highest BCUT2D eigenvalue weighted by Gasteiger charge is 2.18. The Kier molecular flexibility index (Phi) is 6.59. The van der Waals surface area contributed by atoms with Gasteiger partial charge in [-0.2, -0.15) is 0 Å². The number of amides is 1. The average Bonchev–Trinajstić information content (AvgIpc) is 3.07. The summed E-state index contributed by atoms with van der Waals surface area (Å²) in [5, 5.41) is 6.06. The summed E-state index contributed by atoms with van der Waals surface area (Å²) in [7, 11) is 1.65. The van der Waals surface area contributed by atoms with E-state index in [1.807, 2.05) is 29.6 Å². The van der Waals surface area contributed by atoms with E-state index in [9.17, 15) is 4.79 Å². The van der Waals surface area contributed by atoms with Gasteiger partial charge in [0.2, 0.25) is 5.91 Å². The molecule has 4 nitrogen and oxygen atoms in total. The van der Waals surface area contributed by atoms with Gasteiger partial charge in [0.25, 0.3) is 0 Å². The summed E-state index contributed by atoms with van der Waals surface area (Å²) in [6.45, 7) is 4.31. The topological polar surface area (TPSA) is 51.2 Å². The van der Waals surface area contributed by atoms with E-state index in [1.54, 1.807) is 24.6 Å². The normalized spacial score (nSPS) is 12.2. The Bertz CT molecular complexity index is 594. The van der Waals surface area contributed by atoms with E-state index in [2.05, 4.69) is 24.1 Å². The third kappa shape index (κ3) is 5.67. The fourth-order valence-electron chi connectivity index (χ4n) is 2.42. The molecular formula is C18H24N2O2S. The molecule has 2 rings (SSSR count). The lowest BCUT2D eigenvalue weighted by molar-refractivity contribution is -0.121. The van der Waals surface area contributed by atoms with Crippen LogP contribution < -0.4 is 10.1 Å². The first-order valence-corrected chi connectivity index (χ1v) is 8.78. The number of rotatable bonds is 8. The van der Waals surface area contributed by atoms with Gasteiger partial charge in [-0.1, -0.05) is 26.0 Å². The number of carbonyl (C=O) groups is 1. The first-order valence-electron chi connectivity index (χ1n) is 7.90. The molecule has 0 bridgehead atoms. The smallest absolute Gasteiger partial charge is 0.220 e. The second-order valence-corrected chi connectivity index (χ2v) is 6.89. The summed E-state index contributed by atoms with van der Waals surface area (Å²) in [5.41, 5.74) is 1.13. The second kappa shape index (κ2) is 8.67. The molecular weight excluding hydrogens is 308 g/mol. The minimum atomic E-state index is 0.0124. The Labute approximate surface area is 141 Å². The SMILES string of the molecule is COc1ccc(CCC(=O)NC(CC(C)C)c2nccs2)cc1. The van der Waals surface area contributed by atoms with Gasteiger partial charge in [-0.05, 0) is 36.5 Å². The van der Waals surface area contributed by atoms with E-state index in [0.29, 0.717) is 12.3 Å². The van der Waals surface area contributed by atoms with Crippen LogP contribution in [0.15, 0.2) is 35.8 Å². The predicted molar refractivity (Wildman–Crippen MR) is 93.8 cm³/mol. The number of aryl methyl sites for hydroxylation is 1. The molecule has 0 saturated carbocycles. The van der Waals surface area contributed by atoms with E-state index in [1.165, 1.54) is 0 Å². The van der Waals surface area contributed by atoms with Gasteiger partial charge >= 0.3 is 0 Å². The maximum absolute atomic E-state index is 12.3. The minimum Gasteiger partial charge on any atom is -0.497 e. The van der Waals surface area contributed by atoms with E-state index < -0.39 is 0 Å². The zero-order chi connectivity index (χ0) is 16.7. The molecule has 1 heterocycles. The standard InChI is InChI=1S/C18H24N2O2S/c1-13(2)12-16(18-19-10-11-23-18)20-17(21)9-6-14-4-7-15(22-3)8-5-14/h4-5,7-8,10-11,13,16H,6,9,12H2,1-3H3,(H,20,21). The molecule has 5 heteroatoms. The number of methoxy groups -OCH3 is 1. The van der Waals surface area contributed by atoms with Crippen LogP contribution in [0.2, 0.25) is 0 Å². The lowest BCUT2D eigenvalue weighted by Crippen LogP contribution is -2.29. The minimum absolute atomic E-state index is 0.0124. The molecule has 0 fully saturated rings. The van der Waals surface area contributed by atoms with Crippen LogP contribution in [-0.2, 0) is 11.2 Å². The number of benzene rings is 1. The zero-order valence-electron chi connectivity index (χ0n) is 13.9. The van der Waals surface area contributed by atoms with Crippen molar-refractivity contribution in [2.24, 2.45) is 5.92 Å². The Hall–Kier alpha value is -1.88. The molecule has 0 spiro atoms. The fraction of sp³-hybridized carbons (Fsp3) is 0.444. The van der Waals surface area contributed by atoms with Crippen molar-refractivity contribution >= 4 is 17.2 Å². The average molecular weight is 332 g/mol. The largest absolute Gasteiger partial charge is 0.497 e. The molecule has 0 aliphatic heterocycles. The van der Waals surface area contributed by atoms with Crippen LogP contribution in [0.4, 0.5) is 0 Å². The first-order chi connectivity index (χ1) is 11.1. The molecule has 1 unspecified atom stereocenters. The van der Waals surface area contributed by atoms with Crippen LogP contribution >= 0.6 is 11.3 Å². The molecule has 0 aliphatic carbocycles. The maximum Gasteiger partial charge on any atom is 0.220 e. The summed E-state index contributed by atoms with van der Waals surface area (Å²) in [4.78, 5) is 16.6. The van der Waals surface area contributed by atoms with Crippen molar-refractivity contribution in [1.82, 2.24) is 10.3 Å². The second-order valence-electron chi connectivity index (χ2n) is 5.97. The number of ether oxygens (including phenoxy) is 1. The van der Waals surface area contributed by atoms with Gasteiger partial charge in [-0.3, -0.25) is 4.79 Å². The number of nitrogens with zero attached hydrogens (tertiary/aromatic N) is 1. The highest BCUT2D eigenvalue weighted by Crippen LogP contribution is 2.23.